The number of rotatable bonds is 4. The van der Waals surface area contributed by atoms with Crippen molar-refractivity contribution < 1.29 is 9.47 Å². The van der Waals surface area contributed by atoms with Crippen LogP contribution in [-0.2, 0) is 0 Å². The van der Waals surface area contributed by atoms with E-state index in [-0.39, 0.29) is 0 Å². The van der Waals surface area contributed by atoms with Crippen LogP contribution in [0.15, 0.2) is 18.2 Å². The van der Waals surface area contributed by atoms with E-state index in [9.17, 15) is 0 Å². The highest BCUT2D eigenvalue weighted by atomic mass is 32.1. The molecule has 0 unspecified atom stereocenters. The van der Waals surface area contributed by atoms with Gasteiger partial charge in [0.2, 0.25) is 0 Å². The average molecular weight is 322 g/mol. The molecule has 1 aromatic rings. The minimum Gasteiger partial charge on any atom is -0.497 e. The highest BCUT2D eigenvalue weighted by molar-refractivity contribution is 7.80. The standard InChI is InChI=1S/C17H26N2O2S/c1-20-14-10-11-15(16(12-14)21-2)19-17(22)18-13-8-6-4-3-5-7-9-13/h10-13H,3-9H2,1-2H3,(H2,18,19,22). The Balaban J connectivity index is 1.93. The van der Waals surface area contributed by atoms with Crippen molar-refractivity contribution in [3.05, 3.63) is 18.2 Å². The van der Waals surface area contributed by atoms with Crippen molar-refractivity contribution in [2.75, 3.05) is 19.5 Å². The molecular formula is C17H26N2O2S. The van der Waals surface area contributed by atoms with Gasteiger partial charge in [-0.1, -0.05) is 32.1 Å². The first-order valence-corrected chi connectivity index (χ1v) is 8.43. The van der Waals surface area contributed by atoms with E-state index in [4.69, 9.17) is 21.7 Å². The Hall–Kier alpha value is -1.49. The normalized spacial score (nSPS) is 16.3. The van der Waals surface area contributed by atoms with Crippen LogP contribution >= 0.6 is 12.2 Å². The summed E-state index contributed by atoms with van der Waals surface area (Å²) >= 11 is 5.45. The zero-order chi connectivity index (χ0) is 15.8. The number of hydrogen-bond acceptors (Lipinski definition) is 3. The SMILES string of the molecule is COc1ccc(NC(=S)NC2CCCCCCC2)c(OC)c1. The lowest BCUT2D eigenvalue weighted by Gasteiger charge is -2.23. The Kier molecular flexibility index (Phi) is 6.77. The van der Waals surface area contributed by atoms with E-state index in [1.807, 2.05) is 18.2 Å². The summed E-state index contributed by atoms with van der Waals surface area (Å²) in [6, 6.07) is 6.14. The van der Waals surface area contributed by atoms with Crippen LogP contribution in [0, 0.1) is 0 Å². The van der Waals surface area contributed by atoms with Gasteiger partial charge in [-0.15, -0.1) is 0 Å². The zero-order valence-corrected chi connectivity index (χ0v) is 14.3. The maximum Gasteiger partial charge on any atom is 0.171 e. The fourth-order valence-corrected chi connectivity index (χ4v) is 3.12. The van der Waals surface area contributed by atoms with E-state index in [2.05, 4.69) is 10.6 Å². The van der Waals surface area contributed by atoms with Crippen molar-refractivity contribution in [2.24, 2.45) is 0 Å². The summed E-state index contributed by atoms with van der Waals surface area (Å²) in [6.07, 6.45) is 9.01. The molecule has 5 heteroatoms. The average Bonchev–Trinajstić information content (AvgIpc) is 2.50. The van der Waals surface area contributed by atoms with Crippen LogP contribution in [0.3, 0.4) is 0 Å². The van der Waals surface area contributed by atoms with E-state index < -0.39 is 0 Å². The molecule has 0 aliphatic heterocycles. The van der Waals surface area contributed by atoms with Crippen LogP contribution in [0.25, 0.3) is 0 Å². The maximum atomic E-state index is 5.45. The second kappa shape index (κ2) is 8.83. The molecule has 0 heterocycles. The molecule has 0 bridgehead atoms. The molecule has 0 atom stereocenters. The third kappa shape index (κ3) is 5.05. The topological polar surface area (TPSA) is 42.5 Å². The van der Waals surface area contributed by atoms with Crippen LogP contribution in [0.1, 0.15) is 44.9 Å². The van der Waals surface area contributed by atoms with Gasteiger partial charge in [-0.25, -0.2) is 0 Å². The second-order valence-electron chi connectivity index (χ2n) is 5.71. The predicted octanol–water partition coefficient (Wildman–Crippen LogP) is 4.10. The van der Waals surface area contributed by atoms with Gasteiger partial charge in [0.15, 0.2) is 5.11 Å². The third-order valence-electron chi connectivity index (χ3n) is 4.10. The lowest BCUT2D eigenvalue weighted by atomic mass is 9.97. The van der Waals surface area contributed by atoms with Crippen molar-refractivity contribution in [3.63, 3.8) is 0 Å². The Morgan fingerprint density at radius 3 is 2.36 bits per heavy atom. The molecule has 0 saturated heterocycles. The molecule has 2 N–H and O–H groups in total. The van der Waals surface area contributed by atoms with Crippen molar-refractivity contribution in [3.8, 4) is 11.5 Å². The largest absolute Gasteiger partial charge is 0.497 e. The van der Waals surface area contributed by atoms with E-state index in [0.717, 1.165) is 17.2 Å². The van der Waals surface area contributed by atoms with Crippen LogP contribution in [0.4, 0.5) is 5.69 Å². The molecule has 1 saturated carbocycles. The third-order valence-corrected chi connectivity index (χ3v) is 4.32. The molecule has 22 heavy (non-hydrogen) atoms. The molecule has 1 aliphatic rings. The Morgan fingerprint density at radius 1 is 1.05 bits per heavy atom. The summed E-state index contributed by atoms with van der Waals surface area (Å²) < 4.78 is 10.6. The van der Waals surface area contributed by atoms with Crippen molar-refractivity contribution in [1.29, 1.82) is 0 Å². The van der Waals surface area contributed by atoms with Crippen molar-refractivity contribution in [2.45, 2.75) is 51.0 Å². The number of methoxy groups -OCH3 is 2. The molecule has 1 fully saturated rings. The first kappa shape index (κ1) is 16.9. The highest BCUT2D eigenvalue weighted by Crippen LogP contribution is 2.29. The molecule has 0 aromatic heterocycles. The van der Waals surface area contributed by atoms with Crippen LogP contribution in [0.5, 0.6) is 11.5 Å². The van der Waals surface area contributed by atoms with Crippen LogP contribution in [-0.4, -0.2) is 25.4 Å². The second-order valence-corrected chi connectivity index (χ2v) is 6.11. The zero-order valence-electron chi connectivity index (χ0n) is 13.5. The summed E-state index contributed by atoms with van der Waals surface area (Å²) in [5.41, 5.74) is 0.853. The summed E-state index contributed by atoms with van der Waals surface area (Å²) in [7, 11) is 3.29. The Morgan fingerprint density at radius 2 is 1.73 bits per heavy atom. The molecule has 0 amide bonds. The van der Waals surface area contributed by atoms with Gasteiger partial charge in [0.25, 0.3) is 0 Å². The van der Waals surface area contributed by atoms with E-state index in [1.165, 1.54) is 44.9 Å². The Bertz CT molecular complexity index is 486. The fraction of sp³-hybridized carbons (Fsp3) is 0.588. The van der Waals surface area contributed by atoms with Gasteiger partial charge in [-0.05, 0) is 37.2 Å². The van der Waals surface area contributed by atoms with Gasteiger partial charge in [0, 0.05) is 12.1 Å². The summed E-state index contributed by atoms with van der Waals surface area (Å²) in [4.78, 5) is 0. The molecule has 1 aliphatic carbocycles. The first-order valence-electron chi connectivity index (χ1n) is 8.02. The first-order chi connectivity index (χ1) is 10.7. The quantitative estimate of drug-likeness (QED) is 0.817. The van der Waals surface area contributed by atoms with Crippen molar-refractivity contribution >= 4 is 23.0 Å². The van der Waals surface area contributed by atoms with Gasteiger partial charge < -0.3 is 20.1 Å². The molecule has 0 radical (unpaired) electrons. The number of hydrogen-bond donors (Lipinski definition) is 2. The lowest BCUT2D eigenvalue weighted by Crippen LogP contribution is -2.38. The van der Waals surface area contributed by atoms with E-state index in [0.29, 0.717) is 11.2 Å². The molecule has 2 rings (SSSR count). The van der Waals surface area contributed by atoms with Crippen LogP contribution in [0.2, 0.25) is 0 Å². The van der Waals surface area contributed by atoms with Gasteiger partial charge in [-0.2, -0.15) is 0 Å². The smallest absolute Gasteiger partial charge is 0.171 e. The van der Waals surface area contributed by atoms with E-state index >= 15 is 0 Å². The molecule has 122 valence electrons. The number of benzene rings is 1. The molecule has 4 nitrogen and oxygen atoms in total. The maximum absolute atomic E-state index is 5.45. The highest BCUT2D eigenvalue weighted by Gasteiger charge is 2.13. The van der Waals surface area contributed by atoms with E-state index in [1.54, 1.807) is 14.2 Å². The minimum atomic E-state index is 0.476. The fourth-order valence-electron chi connectivity index (χ4n) is 2.85. The van der Waals surface area contributed by atoms with Gasteiger partial charge in [-0.3, -0.25) is 0 Å². The summed E-state index contributed by atoms with van der Waals surface area (Å²) in [6.45, 7) is 0. The number of ether oxygens (including phenoxy) is 2. The molecular weight excluding hydrogens is 296 g/mol. The number of nitrogens with one attached hydrogen (secondary N) is 2. The Labute approximate surface area is 138 Å². The van der Waals surface area contributed by atoms with Gasteiger partial charge >= 0.3 is 0 Å². The summed E-state index contributed by atoms with van der Waals surface area (Å²) in [5, 5.41) is 7.35. The van der Waals surface area contributed by atoms with Crippen LogP contribution < -0.4 is 20.1 Å². The van der Waals surface area contributed by atoms with Gasteiger partial charge in [0.05, 0.1) is 19.9 Å². The lowest BCUT2D eigenvalue weighted by molar-refractivity contribution is 0.395. The number of anilines is 1. The van der Waals surface area contributed by atoms with Gasteiger partial charge in [0.1, 0.15) is 11.5 Å². The molecule has 1 aromatic carbocycles. The summed E-state index contributed by atoms with van der Waals surface area (Å²) in [5.74, 6) is 1.49. The predicted molar refractivity (Wildman–Crippen MR) is 95.0 cm³/mol. The monoisotopic (exact) mass is 322 g/mol. The number of thiocarbonyl (C=S) groups is 1. The van der Waals surface area contributed by atoms with Crippen molar-refractivity contribution in [1.82, 2.24) is 5.32 Å². The molecule has 0 spiro atoms. The minimum absolute atomic E-state index is 0.476.